The first kappa shape index (κ1) is 13.2. The minimum atomic E-state index is -0.0413. The zero-order valence-corrected chi connectivity index (χ0v) is 11.3. The van der Waals surface area contributed by atoms with Crippen LogP contribution < -0.4 is 15.8 Å². The molecule has 0 aliphatic carbocycles. The second-order valence-corrected chi connectivity index (χ2v) is 4.19. The first-order chi connectivity index (χ1) is 9.11. The molecule has 0 aromatic carbocycles. The molecule has 0 saturated carbocycles. The molecule has 0 amide bonds. The Labute approximate surface area is 112 Å². The van der Waals surface area contributed by atoms with Crippen molar-refractivity contribution < 1.29 is 9.15 Å². The van der Waals surface area contributed by atoms with Gasteiger partial charge in [-0.1, -0.05) is 0 Å². The molecule has 102 valence electrons. The van der Waals surface area contributed by atoms with Crippen molar-refractivity contribution >= 4 is 11.5 Å². The molecule has 0 saturated heterocycles. The number of hydrogen-bond acceptors (Lipinski definition) is 6. The summed E-state index contributed by atoms with van der Waals surface area (Å²) in [4.78, 5) is 8.12. The van der Waals surface area contributed by atoms with Gasteiger partial charge in [0.15, 0.2) is 5.82 Å². The van der Waals surface area contributed by atoms with Crippen LogP contribution in [0.1, 0.15) is 31.4 Å². The number of ether oxygens (including phenoxy) is 1. The van der Waals surface area contributed by atoms with Gasteiger partial charge < -0.3 is 20.2 Å². The summed E-state index contributed by atoms with van der Waals surface area (Å²) in [5.74, 6) is 2.63. The Bertz CT molecular complexity index is 553. The van der Waals surface area contributed by atoms with Crippen LogP contribution in [0.5, 0.6) is 5.88 Å². The standard InChI is InChI=1S/C13H18N4O2/c1-4-18-13-11(14)12(15-7-16-13)17-9(3)10-6-5-8(2)19-10/h5-7,9H,4,14H2,1-3H3,(H,15,16,17). The summed E-state index contributed by atoms with van der Waals surface area (Å²) in [6.07, 6.45) is 1.42. The molecule has 0 spiro atoms. The van der Waals surface area contributed by atoms with Gasteiger partial charge in [-0.2, -0.15) is 4.98 Å². The molecule has 0 radical (unpaired) electrons. The Morgan fingerprint density at radius 2 is 2.21 bits per heavy atom. The fourth-order valence-corrected chi connectivity index (χ4v) is 1.71. The highest BCUT2D eigenvalue weighted by atomic mass is 16.5. The number of nitrogen functional groups attached to an aromatic ring is 1. The lowest BCUT2D eigenvalue weighted by molar-refractivity contribution is 0.328. The van der Waals surface area contributed by atoms with Crippen molar-refractivity contribution in [3.05, 3.63) is 30.0 Å². The molecule has 2 heterocycles. The van der Waals surface area contributed by atoms with E-state index in [1.54, 1.807) is 0 Å². The molecule has 0 aliphatic rings. The van der Waals surface area contributed by atoms with Crippen LogP contribution in [0, 0.1) is 6.92 Å². The summed E-state index contributed by atoms with van der Waals surface area (Å²) in [5.41, 5.74) is 6.36. The number of rotatable bonds is 5. The Morgan fingerprint density at radius 3 is 2.84 bits per heavy atom. The van der Waals surface area contributed by atoms with Crippen LogP contribution in [0.15, 0.2) is 22.9 Å². The Hall–Kier alpha value is -2.24. The van der Waals surface area contributed by atoms with Gasteiger partial charge in [0.1, 0.15) is 23.5 Å². The van der Waals surface area contributed by atoms with E-state index in [1.165, 1.54) is 6.33 Å². The van der Waals surface area contributed by atoms with E-state index in [2.05, 4.69) is 15.3 Å². The lowest BCUT2D eigenvalue weighted by Crippen LogP contribution is -2.11. The average molecular weight is 262 g/mol. The second-order valence-electron chi connectivity index (χ2n) is 4.19. The number of anilines is 2. The fourth-order valence-electron chi connectivity index (χ4n) is 1.71. The fraction of sp³-hybridized carbons (Fsp3) is 0.385. The van der Waals surface area contributed by atoms with Crippen LogP contribution >= 0.6 is 0 Å². The van der Waals surface area contributed by atoms with E-state index in [9.17, 15) is 0 Å². The van der Waals surface area contributed by atoms with Crippen molar-refractivity contribution in [3.8, 4) is 5.88 Å². The number of nitrogens with two attached hydrogens (primary N) is 1. The molecule has 1 unspecified atom stereocenters. The summed E-state index contributed by atoms with van der Waals surface area (Å²) in [5, 5.41) is 3.19. The molecule has 2 rings (SSSR count). The summed E-state index contributed by atoms with van der Waals surface area (Å²) in [6.45, 7) is 6.26. The predicted octanol–water partition coefficient (Wildman–Crippen LogP) is 2.53. The monoisotopic (exact) mass is 262 g/mol. The van der Waals surface area contributed by atoms with Gasteiger partial charge in [-0.15, -0.1) is 0 Å². The zero-order chi connectivity index (χ0) is 13.8. The summed E-state index contributed by atoms with van der Waals surface area (Å²) < 4.78 is 10.9. The molecule has 3 N–H and O–H groups in total. The number of nitrogens with zero attached hydrogens (tertiary/aromatic N) is 2. The minimum Gasteiger partial charge on any atom is -0.476 e. The number of furan rings is 1. The molecule has 0 bridgehead atoms. The van der Waals surface area contributed by atoms with Crippen LogP contribution in [0.25, 0.3) is 0 Å². The third-order valence-electron chi connectivity index (χ3n) is 2.67. The highest BCUT2D eigenvalue weighted by molar-refractivity contribution is 5.66. The second kappa shape index (κ2) is 5.60. The Morgan fingerprint density at radius 1 is 1.42 bits per heavy atom. The normalized spacial score (nSPS) is 12.2. The van der Waals surface area contributed by atoms with Crippen LogP contribution in [-0.4, -0.2) is 16.6 Å². The Kier molecular flexibility index (Phi) is 3.89. The zero-order valence-electron chi connectivity index (χ0n) is 11.3. The van der Waals surface area contributed by atoms with Crippen molar-refractivity contribution in [3.63, 3.8) is 0 Å². The molecular weight excluding hydrogens is 244 g/mol. The van der Waals surface area contributed by atoms with Gasteiger partial charge in [0.2, 0.25) is 5.88 Å². The third kappa shape index (κ3) is 2.96. The van der Waals surface area contributed by atoms with Gasteiger partial charge in [0, 0.05) is 0 Å². The maximum Gasteiger partial charge on any atom is 0.242 e. The van der Waals surface area contributed by atoms with E-state index >= 15 is 0 Å². The maximum absolute atomic E-state index is 5.96. The Balaban J connectivity index is 2.16. The van der Waals surface area contributed by atoms with Gasteiger partial charge in [-0.3, -0.25) is 0 Å². The quantitative estimate of drug-likeness (QED) is 0.861. The molecule has 6 heteroatoms. The number of aromatic nitrogens is 2. The highest BCUT2D eigenvalue weighted by Crippen LogP contribution is 2.28. The summed E-state index contributed by atoms with van der Waals surface area (Å²) in [6, 6.07) is 3.80. The van der Waals surface area contributed by atoms with Crippen LogP contribution in [0.3, 0.4) is 0 Å². The van der Waals surface area contributed by atoms with Crippen molar-refractivity contribution in [2.75, 3.05) is 17.7 Å². The SMILES string of the molecule is CCOc1ncnc(NC(C)c2ccc(C)o2)c1N. The van der Waals surface area contributed by atoms with Crippen molar-refractivity contribution in [2.45, 2.75) is 26.8 Å². The van der Waals surface area contributed by atoms with Crippen molar-refractivity contribution in [1.82, 2.24) is 9.97 Å². The number of hydrogen-bond donors (Lipinski definition) is 2. The summed E-state index contributed by atoms with van der Waals surface area (Å²) >= 11 is 0. The van der Waals surface area contributed by atoms with Gasteiger partial charge in [0.25, 0.3) is 0 Å². The van der Waals surface area contributed by atoms with E-state index in [4.69, 9.17) is 14.9 Å². The lowest BCUT2D eigenvalue weighted by Gasteiger charge is -2.15. The minimum absolute atomic E-state index is 0.0413. The van der Waals surface area contributed by atoms with Gasteiger partial charge in [0.05, 0.1) is 12.6 Å². The predicted molar refractivity (Wildman–Crippen MR) is 73.1 cm³/mol. The molecule has 0 aliphatic heterocycles. The molecule has 19 heavy (non-hydrogen) atoms. The van der Waals surface area contributed by atoms with E-state index in [-0.39, 0.29) is 6.04 Å². The molecule has 2 aromatic heterocycles. The largest absolute Gasteiger partial charge is 0.476 e. The van der Waals surface area contributed by atoms with Crippen molar-refractivity contribution in [1.29, 1.82) is 0 Å². The molecule has 0 fully saturated rings. The smallest absolute Gasteiger partial charge is 0.242 e. The average Bonchev–Trinajstić information content (AvgIpc) is 2.81. The van der Waals surface area contributed by atoms with Crippen LogP contribution in [-0.2, 0) is 0 Å². The topological polar surface area (TPSA) is 86.2 Å². The van der Waals surface area contributed by atoms with Crippen molar-refractivity contribution in [2.24, 2.45) is 0 Å². The van der Waals surface area contributed by atoms with E-state index in [0.717, 1.165) is 11.5 Å². The van der Waals surface area contributed by atoms with E-state index < -0.39 is 0 Å². The van der Waals surface area contributed by atoms with Gasteiger partial charge >= 0.3 is 0 Å². The number of aryl methyl sites for hydroxylation is 1. The van der Waals surface area contributed by atoms with E-state index in [0.29, 0.717) is 24.0 Å². The molecule has 2 aromatic rings. The lowest BCUT2D eigenvalue weighted by atomic mass is 10.2. The molecular formula is C13H18N4O2. The van der Waals surface area contributed by atoms with Crippen LogP contribution in [0.2, 0.25) is 0 Å². The van der Waals surface area contributed by atoms with E-state index in [1.807, 2.05) is 32.9 Å². The van der Waals surface area contributed by atoms with Gasteiger partial charge in [-0.25, -0.2) is 4.98 Å². The maximum atomic E-state index is 5.96. The molecule has 6 nitrogen and oxygen atoms in total. The van der Waals surface area contributed by atoms with Gasteiger partial charge in [-0.05, 0) is 32.9 Å². The highest BCUT2D eigenvalue weighted by Gasteiger charge is 2.14. The summed E-state index contributed by atoms with van der Waals surface area (Å²) in [7, 11) is 0. The first-order valence-electron chi connectivity index (χ1n) is 6.18. The molecule has 1 atom stereocenters. The first-order valence-corrected chi connectivity index (χ1v) is 6.18. The van der Waals surface area contributed by atoms with Crippen LogP contribution in [0.4, 0.5) is 11.5 Å². The third-order valence-corrected chi connectivity index (χ3v) is 2.67. The number of nitrogens with one attached hydrogen (secondary N) is 1.